The fourth-order valence-corrected chi connectivity index (χ4v) is 4.31. The Morgan fingerprint density at radius 1 is 1.05 bits per heavy atom. The molecule has 0 aliphatic carbocycles. The summed E-state index contributed by atoms with van der Waals surface area (Å²) in [6.07, 6.45) is 4.47. The Kier molecular flexibility index (Phi) is 11.2. The van der Waals surface area contributed by atoms with Crippen LogP contribution in [0.15, 0.2) is 90.3 Å². The van der Waals surface area contributed by atoms with E-state index in [2.05, 4.69) is 16.0 Å². The maximum Gasteiger partial charge on any atom is 0.413 e. The van der Waals surface area contributed by atoms with Gasteiger partial charge in [-0.15, -0.1) is 0 Å². The van der Waals surface area contributed by atoms with Crippen LogP contribution in [0, 0.1) is 0 Å². The third-order valence-electron chi connectivity index (χ3n) is 5.92. The number of amides is 2. The zero-order chi connectivity index (χ0) is 28.9. The van der Waals surface area contributed by atoms with Crippen molar-refractivity contribution in [3.63, 3.8) is 0 Å². The molecule has 11 heteroatoms. The summed E-state index contributed by atoms with van der Waals surface area (Å²) in [6, 6.07) is 17.4. The van der Waals surface area contributed by atoms with Crippen LogP contribution < -0.4 is 16.0 Å². The second kappa shape index (κ2) is 15.0. The fraction of sp³-hybridized carbons (Fsp3) is 0.241. The number of hydrogen-bond donors (Lipinski definition) is 4. The topological polar surface area (TPSA) is 137 Å². The predicted octanol–water partition coefficient (Wildman–Crippen LogP) is 3.22. The average molecular weight is 563 g/mol. The number of ether oxygens (including phenoxy) is 1. The molecule has 0 bridgehead atoms. The van der Waals surface area contributed by atoms with Crippen LogP contribution in [0.1, 0.15) is 36.9 Å². The molecule has 0 saturated heterocycles. The highest BCUT2D eigenvalue weighted by Crippen LogP contribution is 2.35. The van der Waals surface area contributed by atoms with Gasteiger partial charge in [-0.1, -0.05) is 60.7 Å². The minimum Gasteiger partial charge on any atom is -0.480 e. The third kappa shape index (κ3) is 8.13. The Labute approximate surface area is 237 Å². The number of carbonyl (C=O) groups excluding carboxylic acids is 3. The van der Waals surface area contributed by atoms with Crippen molar-refractivity contribution >= 4 is 41.2 Å². The van der Waals surface area contributed by atoms with Crippen LogP contribution in [0.25, 0.3) is 0 Å². The number of alkyl carbamates (subject to hydrolysis) is 1. The molecule has 2 aromatic rings. The predicted molar refractivity (Wildman–Crippen MR) is 153 cm³/mol. The molecule has 0 aromatic heterocycles. The molecule has 208 valence electrons. The van der Waals surface area contributed by atoms with Crippen molar-refractivity contribution in [2.24, 2.45) is 0 Å². The number of carboxylic acids is 1. The summed E-state index contributed by atoms with van der Waals surface area (Å²) in [5.41, 5.74) is 1.76. The molecular weight excluding hydrogens is 532 g/mol. The largest absolute Gasteiger partial charge is 0.480 e. The van der Waals surface area contributed by atoms with Gasteiger partial charge in [-0.3, -0.25) is 10.1 Å². The summed E-state index contributed by atoms with van der Waals surface area (Å²) in [6.45, 7) is 2.10. The molecular formula is C29H30N4O6S. The number of hydrogen-bond acceptors (Lipinski definition) is 7. The zero-order valence-electron chi connectivity index (χ0n) is 21.8. The smallest absolute Gasteiger partial charge is 0.413 e. The highest BCUT2D eigenvalue weighted by molar-refractivity contribution is 7.80. The first kappa shape index (κ1) is 29.8. The van der Waals surface area contributed by atoms with Crippen molar-refractivity contribution in [3.8, 4) is 0 Å². The molecule has 10 nitrogen and oxygen atoms in total. The molecule has 1 heterocycles. The summed E-state index contributed by atoms with van der Waals surface area (Å²) in [5.74, 6) is -0.0521. The summed E-state index contributed by atoms with van der Waals surface area (Å²) in [4.78, 5) is 50.4. The van der Waals surface area contributed by atoms with Crippen LogP contribution in [0.4, 0.5) is 4.79 Å². The standard InChI is InChI=1S/C29H30N4O6S/c1-2-39-29(38)32-28(40)30-17-9-16-23(27(36)37)31-26(35)22-15-10-18-33(24(22)19-34)25(20-11-5-3-6-12-20)21-13-7-4-8-14-21/h3-8,10-15,18,23,25H,2,9,16-17H2,1H3,(H,31,35)(H,36,37)(H2,30,32,38,40). The quantitative estimate of drug-likeness (QED) is 0.185. The van der Waals surface area contributed by atoms with Crippen LogP contribution in [0.2, 0.25) is 0 Å². The van der Waals surface area contributed by atoms with Gasteiger partial charge >= 0.3 is 12.1 Å². The van der Waals surface area contributed by atoms with Crippen molar-refractivity contribution in [2.75, 3.05) is 13.2 Å². The number of allylic oxidation sites excluding steroid dienone is 2. The lowest BCUT2D eigenvalue weighted by Gasteiger charge is -2.34. The van der Waals surface area contributed by atoms with Crippen LogP contribution >= 0.6 is 12.2 Å². The van der Waals surface area contributed by atoms with E-state index >= 15 is 0 Å². The Morgan fingerprint density at radius 3 is 2.23 bits per heavy atom. The second-order valence-electron chi connectivity index (χ2n) is 8.61. The minimum atomic E-state index is -1.23. The van der Waals surface area contributed by atoms with Gasteiger partial charge in [0.25, 0.3) is 5.91 Å². The Hall–Kier alpha value is -4.73. The van der Waals surface area contributed by atoms with E-state index in [1.165, 1.54) is 6.08 Å². The lowest BCUT2D eigenvalue weighted by atomic mass is 9.94. The van der Waals surface area contributed by atoms with Gasteiger partial charge in [0, 0.05) is 12.7 Å². The Morgan fingerprint density at radius 2 is 1.68 bits per heavy atom. The summed E-state index contributed by atoms with van der Waals surface area (Å²) in [5, 5.41) is 17.4. The molecule has 40 heavy (non-hydrogen) atoms. The van der Waals surface area contributed by atoms with Crippen molar-refractivity contribution in [1.82, 2.24) is 20.9 Å². The molecule has 1 aliphatic heterocycles. The molecule has 0 fully saturated rings. The van der Waals surface area contributed by atoms with E-state index in [4.69, 9.17) is 17.0 Å². The minimum absolute atomic E-state index is 0.00134. The van der Waals surface area contributed by atoms with E-state index in [1.807, 2.05) is 66.6 Å². The van der Waals surface area contributed by atoms with Crippen LogP contribution in [0.5, 0.6) is 0 Å². The van der Waals surface area contributed by atoms with Crippen LogP contribution in [0.3, 0.4) is 0 Å². The number of rotatable bonds is 11. The summed E-state index contributed by atoms with van der Waals surface area (Å²) in [7, 11) is 0. The number of aliphatic carboxylic acids is 1. The molecule has 0 saturated carbocycles. The van der Waals surface area contributed by atoms with Gasteiger partial charge in [-0.25, -0.2) is 14.4 Å². The number of thiocarbonyl (C=S) groups is 1. The van der Waals surface area contributed by atoms with Crippen molar-refractivity contribution in [1.29, 1.82) is 0 Å². The van der Waals surface area contributed by atoms with E-state index in [9.17, 15) is 24.3 Å². The monoisotopic (exact) mass is 562 g/mol. The number of benzene rings is 2. The lowest BCUT2D eigenvalue weighted by Crippen LogP contribution is -2.44. The molecule has 1 unspecified atom stereocenters. The van der Waals surface area contributed by atoms with Crippen molar-refractivity contribution < 1.29 is 29.0 Å². The lowest BCUT2D eigenvalue weighted by molar-refractivity contribution is -0.141. The number of carbonyl (C=O) groups is 3. The number of nitrogens with one attached hydrogen (secondary N) is 3. The van der Waals surface area contributed by atoms with E-state index in [-0.39, 0.29) is 36.0 Å². The maximum absolute atomic E-state index is 13.2. The molecule has 1 aliphatic rings. The van der Waals surface area contributed by atoms with Gasteiger partial charge < -0.3 is 25.4 Å². The van der Waals surface area contributed by atoms with Crippen molar-refractivity contribution in [2.45, 2.75) is 31.8 Å². The summed E-state index contributed by atoms with van der Waals surface area (Å²) >= 11 is 4.99. The van der Waals surface area contributed by atoms with Gasteiger partial charge in [-0.2, -0.15) is 0 Å². The molecule has 4 N–H and O–H groups in total. The Bertz CT molecular complexity index is 1280. The van der Waals surface area contributed by atoms with Gasteiger partial charge in [0.2, 0.25) is 0 Å². The Balaban J connectivity index is 1.70. The van der Waals surface area contributed by atoms with E-state index in [1.54, 1.807) is 24.1 Å². The molecule has 0 radical (unpaired) electrons. The second-order valence-corrected chi connectivity index (χ2v) is 9.02. The van der Waals surface area contributed by atoms with Gasteiger partial charge in [0.05, 0.1) is 18.2 Å². The first-order valence-corrected chi connectivity index (χ1v) is 13.0. The SMILES string of the molecule is CCOC(=O)NC(=S)NCCCC(NC(=O)C1=CC=CN(C(c2ccccc2)c2ccccc2)C1=C=O)C(=O)O. The highest BCUT2D eigenvalue weighted by Gasteiger charge is 2.31. The van der Waals surface area contributed by atoms with E-state index < -0.39 is 30.1 Å². The number of carboxylic acid groups (broad SMARTS) is 1. The molecule has 1 atom stereocenters. The fourth-order valence-electron chi connectivity index (χ4n) is 4.12. The average Bonchev–Trinajstić information content (AvgIpc) is 2.95. The zero-order valence-corrected chi connectivity index (χ0v) is 22.6. The van der Waals surface area contributed by atoms with Gasteiger partial charge in [0.15, 0.2) is 11.1 Å². The van der Waals surface area contributed by atoms with E-state index in [0.29, 0.717) is 6.42 Å². The van der Waals surface area contributed by atoms with Crippen LogP contribution in [-0.2, 0) is 19.1 Å². The number of nitrogens with zero attached hydrogens (tertiary/aromatic N) is 1. The molecule has 0 spiro atoms. The third-order valence-corrected chi connectivity index (χ3v) is 6.17. The van der Waals surface area contributed by atoms with Gasteiger partial charge in [-0.05, 0) is 55.3 Å². The first-order valence-electron chi connectivity index (χ1n) is 12.6. The molecule has 2 amide bonds. The van der Waals surface area contributed by atoms with Crippen molar-refractivity contribution in [3.05, 3.63) is 101 Å². The summed E-state index contributed by atoms with van der Waals surface area (Å²) < 4.78 is 4.73. The van der Waals surface area contributed by atoms with Gasteiger partial charge in [0.1, 0.15) is 11.7 Å². The van der Waals surface area contributed by atoms with E-state index in [0.717, 1.165) is 11.1 Å². The molecule has 3 rings (SSSR count). The normalized spacial score (nSPS) is 13.1. The maximum atomic E-state index is 13.2. The van der Waals surface area contributed by atoms with Crippen LogP contribution in [-0.4, -0.2) is 58.2 Å². The molecule has 2 aromatic carbocycles. The first-order chi connectivity index (χ1) is 19.3. The highest BCUT2D eigenvalue weighted by atomic mass is 32.1.